The van der Waals surface area contributed by atoms with Gasteiger partial charge in [-0.3, -0.25) is 4.98 Å². The van der Waals surface area contributed by atoms with Crippen LogP contribution in [0.2, 0.25) is 0 Å². The lowest BCUT2D eigenvalue weighted by Crippen LogP contribution is -2.02. The van der Waals surface area contributed by atoms with Gasteiger partial charge in [0, 0.05) is 17.3 Å². The largest absolute Gasteiger partial charge is 0.491 e. The van der Waals surface area contributed by atoms with Crippen LogP contribution in [-0.2, 0) is 0 Å². The lowest BCUT2D eigenvalue weighted by molar-refractivity contribution is 0.314. The molecule has 0 atom stereocenters. The maximum atomic E-state index is 9.56. The number of nitrogens with zero attached hydrogens (tertiary/aromatic N) is 4. The Bertz CT molecular complexity index is 1200. The number of alkyl halides is 1. The summed E-state index contributed by atoms with van der Waals surface area (Å²) in [6.45, 7) is 0.350. The summed E-state index contributed by atoms with van der Waals surface area (Å²) >= 11 is 5.71. The van der Waals surface area contributed by atoms with Gasteiger partial charge in [0.15, 0.2) is 11.5 Å². The molecule has 2 N–H and O–H groups in total. The Morgan fingerprint density at radius 2 is 2.07 bits per heavy atom. The molecule has 0 fully saturated rings. The molecule has 0 saturated carbocycles. The second-order valence-corrected chi connectivity index (χ2v) is 6.22. The van der Waals surface area contributed by atoms with Crippen molar-refractivity contribution in [2.45, 2.75) is 0 Å². The van der Waals surface area contributed by atoms with Crippen molar-refractivity contribution in [1.29, 1.82) is 5.26 Å². The van der Waals surface area contributed by atoms with E-state index in [9.17, 15) is 5.26 Å². The summed E-state index contributed by atoms with van der Waals surface area (Å²) < 4.78 is 11.2. The fraction of sp³-hybridized carbons (Fsp3) is 0.158. The minimum absolute atomic E-state index is 0.350. The Hall–Kier alpha value is -3.57. The summed E-state index contributed by atoms with van der Waals surface area (Å²) in [5.74, 6) is 1.39. The Morgan fingerprint density at radius 1 is 1.21 bits per heavy atom. The van der Waals surface area contributed by atoms with Gasteiger partial charge in [0.1, 0.15) is 29.2 Å². The average Bonchev–Trinajstić information content (AvgIpc) is 3.19. The summed E-state index contributed by atoms with van der Waals surface area (Å²) in [5.41, 5.74) is 3.86. The third-order valence-electron chi connectivity index (χ3n) is 4.20. The van der Waals surface area contributed by atoms with Gasteiger partial charge in [-0.05, 0) is 30.3 Å². The van der Waals surface area contributed by atoms with Gasteiger partial charge in [-0.25, -0.2) is 0 Å². The number of aromatic amines is 1. The van der Waals surface area contributed by atoms with Crippen molar-refractivity contribution in [1.82, 2.24) is 20.4 Å². The zero-order valence-electron chi connectivity index (χ0n) is 14.9. The van der Waals surface area contributed by atoms with Gasteiger partial charge in [0.05, 0.1) is 24.2 Å². The van der Waals surface area contributed by atoms with Crippen LogP contribution in [0.1, 0.15) is 5.56 Å². The summed E-state index contributed by atoms with van der Waals surface area (Å²) in [5, 5.41) is 24.3. The first kappa shape index (κ1) is 17.8. The fourth-order valence-corrected chi connectivity index (χ4v) is 3.04. The van der Waals surface area contributed by atoms with E-state index >= 15 is 0 Å². The third kappa shape index (κ3) is 3.12. The monoisotopic (exact) mass is 394 g/mol. The predicted molar refractivity (Wildman–Crippen MR) is 106 cm³/mol. The van der Waals surface area contributed by atoms with E-state index in [4.69, 9.17) is 21.1 Å². The molecule has 0 spiro atoms. The van der Waals surface area contributed by atoms with Crippen molar-refractivity contribution in [3.8, 4) is 17.6 Å². The SMILES string of the molecule is COc1c(OCCCl)ccc2c(Nc3ccc4n[nH]nc4c3)c(C#N)cnc12. The number of fused-ring (bicyclic) bond motifs is 2. The Morgan fingerprint density at radius 3 is 2.86 bits per heavy atom. The normalized spacial score (nSPS) is 10.8. The number of hydrogen-bond acceptors (Lipinski definition) is 7. The highest BCUT2D eigenvalue weighted by atomic mass is 35.5. The molecule has 0 unspecified atom stereocenters. The minimum Gasteiger partial charge on any atom is -0.491 e. The van der Waals surface area contributed by atoms with Crippen LogP contribution in [0.15, 0.2) is 36.5 Å². The molecule has 4 rings (SSSR count). The molecule has 0 radical (unpaired) electrons. The molecule has 0 bridgehead atoms. The number of methoxy groups -OCH3 is 1. The molecular formula is C19H15ClN6O2. The van der Waals surface area contributed by atoms with Crippen LogP contribution in [0.3, 0.4) is 0 Å². The standard InChI is InChI=1S/C19H15ClN6O2/c1-27-19-16(28-7-6-20)5-3-13-17(11(9-21)10-22-18(13)19)23-12-2-4-14-15(8-12)25-26-24-14/h2-5,8,10H,6-7H2,1H3,(H,22,23)(H,24,25,26). The molecule has 8 nitrogen and oxygen atoms in total. The van der Waals surface area contributed by atoms with E-state index in [1.54, 1.807) is 13.2 Å². The number of H-pyrrole nitrogens is 1. The molecule has 140 valence electrons. The number of rotatable bonds is 6. The lowest BCUT2D eigenvalue weighted by atomic mass is 10.1. The van der Waals surface area contributed by atoms with Crippen LogP contribution in [0.4, 0.5) is 11.4 Å². The Kier molecular flexibility index (Phi) is 4.83. The van der Waals surface area contributed by atoms with Crippen LogP contribution >= 0.6 is 11.6 Å². The number of anilines is 2. The highest BCUT2D eigenvalue weighted by molar-refractivity contribution is 6.18. The second-order valence-electron chi connectivity index (χ2n) is 5.84. The van der Waals surface area contributed by atoms with Crippen LogP contribution in [0.5, 0.6) is 11.5 Å². The zero-order valence-corrected chi connectivity index (χ0v) is 15.6. The first-order valence-electron chi connectivity index (χ1n) is 8.41. The van der Waals surface area contributed by atoms with Crippen molar-refractivity contribution in [3.05, 3.63) is 42.1 Å². The quantitative estimate of drug-likeness (QED) is 0.479. The number of nitrogens with one attached hydrogen (secondary N) is 2. The second kappa shape index (κ2) is 7.58. The van der Waals surface area contributed by atoms with E-state index < -0.39 is 0 Å². The molecule has 0 aliphatic carbocycles. The van der Waals surface area contributed by atoms with Crippen molar-refractivity contribution in [2.24, 2.45) is 0 Å². The number of halogens is 1. The number of ether oxygens (including phenoxy) is 2. The molecule has 9 heteroatoms. The van der Waals surface area contributed by atoms with Crippen LogP contribution in [0.25, 0.3) is 21.9 Å². The molecule has 2 aromatic heterocycles. The van der Waals surface area contributed by atoms with E-state index in [2.05, 4.69) is 31.8 Å². The molecule has 0 amide bonds. The summed E-state index contributed by atoms with van der Waals surface area (Å²) in [7, 11) is 1.55. The van der Waals surface area contributed by atoms with Crippen molar-refractivity contribution in [2.75, 3.05) is 24.9 Å². The Labute approximate surface area is 165 Å². The van der Waals surface area contributed by atoms with Crippen molar-refractivity contribution in [3.63, 3.8) is 0 Å². The highest BCUT2D eigenvalue weighted by Gasteiger charge is 2.17. The van der Waals surface area contributed by atoms with E-state index in [0.29, 0.717) is 40.8 Å². The third-order valence-corrected chi connectivity index (χ3v) is 4.36. The van der Waals surface area contributed by atoms with Crippen LogP contribution < -0.4 is 14.8 Å². The van der Waals surface area contributed by atoms with Crippen LogP contribution in [-0.4, -0.2) is 40.0 Å². The molecule has 0 saturated heterocycles. The molecular weight excluding hydrogens is 380 g/mol. The molecule has 2 aromatic carbocycles. The molecule has 2 heterocycles. The predicted octanol–water partition coefficient (Wildman–Crippen LogP) is 3.75. The molecule has 0 aliphatic heterocycles. The summed E-state index contributed by atoms with van der Waals surface area (Å²) in [4.78, 5) is 4.41. The van der Waals surface area contributed by atoms with Crippen LogP contribution in [0, 0.1) is 11.3 Å². The van der Waals surface area contributed by atoms with Gasteiger partial charge in [-0.1, -0.05) is 0 Å². The summed E-state index contributed by atoms with van der Waals surface area (Å²) in [6, 6.07) is 11.4. The molecule has 28 heavy (non-hydrogen) atoms. The first-order chi connectivity index (χ1) is 13.7. The first-order valence-corrected chi connectivity index (χ1v) is 8.94. The van der Waals surface area contributed by atoms with Gasteiger partial charge in [0.2, 0.25) is 0 Å². The topological polar surface area (TPSA) is 109 Å². The summed E-state index contributed by atoms with van der Waals surface area (Å²) in [6.07, 6.45) is 1.51. The average molecular weight is 395 g/mol. The highest BCUT2D eigenvalue weighted by Crippen LogP contribution is 2.39. The van der Waals surface area contributed by atoms with E-state index in [1.807, 2.05) is 24.3 Å². The number of hydrogen-bond donors (Lipinski definition) is 2. The zero-order chi connectivity index (χ0) is 19.5. The van der Waals surface area contributed by atoms with E-state index in [1.165, 1.54) is 6.20 Å². The van der Waals surface area contributed by atoms with Gasteiger partial charge >= 0.3 is 0 Å². The molecule has 4 aromatic rings. The maximum Gasteiger partial charge on any atom is 0.187 e. The van der Waals surface area contributed by atoms with Gasteiger partial charge in [-0.15, -0.1) is 11.6 Å². The van der Waals surface area contributed by atoms with Crippen molar-refractivity contribution < 1.29 is 9.47 Å². The van der Waals surface area contributed by atoms with Gasteiger partial charge < -0.3 is 14.8 Å². The molecule has 0 aliphatic rings. The number of benzene rings is 2. The van der Waals surface area contributed by atoms with Crippen molar-refractivity contribution >= 4 is 44.9 Å². The minimum atomic E-state index is 0.350. The fourth-order valence-electron chi connectivity index (χ4n) is 2.96. The van der Waals surface area contributed by atoms with E-state index in [-0.39, 0.29) is 0 Å². The van der Waals surface area contributed by atoms with Gasteiger partial charge in [0.25, 0.3) is 0 Å². The Balaban J connectivity index is 1.84. The number of nitriles is 1. The smallest absolute Gasteiger partial charge is 0.187 e. The number of aromatic nitrogens is 4. The maximum absolute atomic E-state index is 9.56. The van der Waals surface area contributed by atoms with Gasteiger partial charge in [-0.2, -0.15) is 20.7 Å². The number of pyridine rings is 1. The van der Waals surface area contributed by atoms with E-state index in [0.717, 1.165) is 22.1 Å². The lowest BCUT2D eigenvalue weighted by Gasteiger charge is -2.15.